The molecular weight excluding hydrogens is 712 g/mol. The van der Waals surface area contributed by atoms with Gasteiger partial charge < -0.3 is 25.0 Å². The Morgan fingerprint density at radius 1 is 1.10 bits per heavy atom. The number of ether oxygens (including phenoxy) is 1. The highest BCUT2D eigenvalue weighted by Crippen LogP contribution is 2.37. The van der Waals surface area contributed by atoms with Gasteiger partial charge in [0.25, 0.3) is 5.91 Å². The second-order valence-electron chi connectivity index (χ2n) is 12.7. The molecule has 2 aromatic rings. The number of likely N-dealkylation sites (tertiary alicyclic amines) is 1. The maximum Gasteiger partial charge on any atom is 0.416 e. The largest absolute Gasteiger partial charge is 0.465 e. The van der Waals surface area contributed by atoms with Crippen molar-refractivity contribution in [1.29, 1.82) is 0 Å². The van der Waals surface area contributed by atoms with Crippen LogP contribution in [0.25, 0.3) is 0 Å². The summed E-state index contributed by atoms with van der Waals surface area (Å²) < 4.78 is 73.5. The number of halogens is 5. The first-order valence-corrected chi connectivity index (χ1v) is 17.9. The summed E-state index contributed by atoms with van der Waals surface area (Å²) in [6.07, 6.45) is -5.78. The van der Waals surface area contributed by atoms with Crippen molar-refractivity contribution in [2.75, 3.05) is 39.0 Å². The molecule has 11 nitrogen and oxygen atoms in total. The summed E-state index contributed by atoms with van der Waals surface area (Å²) in [5.74, 6) is -1.12. The zero-order chi connectivity index (χ0) is 36.9. The molecule has 1 fully saturated rings. The summed E-state index contributed by atoms with van der Waals surface area (Å²) in [4.78, 5) is 41.6. The molecule has 0 aromatic heterocycles. The molecule has 2 aromatic carbocycles. The third kappa shape index (κ3) is 11.1. The number of piperidine rings is 1. The molecule has 1 heterocycles. The van der Waals surface area contributed by atoms with Crippen LogP contribution in [0.1, 0.15) is 67.6 Å². The van der Waals surface area contributed by atoms with Gasteiger partial charge in [0.05, 0.1) is 16.2 Å². The first-order valence-electron chi connectivity index (χ1n) is 15.5. The van der Waals surface area contributed by atoms with Crippen LogP contribution < -0.4 is 5.32 Å². The van der Waals surface area contributed by atoms with Gasteiger partial charge in [-0.05, 0) is 81.6 Å². The predicted octanol–water partition coefficient (Wildman–Crippen LogP) is 6.55. The van der Waals surface area contributed by atoms with Crippen LogP contribution in [-0.2, 0) is 33.8 Å². The molecule has 1 saturated heterocycles. The Kier molecular flexibility index (Phi) is 13.3. The number of likely N-dealkylation sites (N-methyl/N-ethyl adjacent to an activating group) is 1. The standard InChI is InChI=1S/C32H41Cl2F3N4O7S/c1-6-49(46,47)27-10-9-22(33)14-21(27)17-38-28(42)20-15-25(32(35,36)37)24(26(34)16-20)19-40-11-7-8-23(18-40)41(29(43)44)13-12-39(5)30(45)48-31(2,3)4/h9-10,14-16,23H,6-8,11-13,17-19H2,1-5H3,(H,38,42)(H,43,44)/t23-/m0/s1. The molecule has 1 aliphatic rings. The lowest BCUT2D eigenvalue weighted by Crippen LogP contribution is -2.52. The SMILES string of the molecule is CCS(=O)(=O)c1ccc(Cl)cc1CNC(=O)c1cc(Cl)c(CN2CCC[C@H](N(CCN(C)C(=O)OC(C)(C)C)C(=O)O)C2)c(C(F)(F)F)c1. The van der Waals surface area contributed by atoms with E-state index in [2.05, 4.69) is 5.32 Å². The molecule has 0 unspecified atom stereocenters. The zero-order valence-electron chi connectivity index (χ0n) is 27.9. The number of amides is 3. The second-order valence-corrected chi connectivity index (χ2v) is 15.8. The summed E-state index contributed by atoms with van der Waals surface area (Å²) in [5.41, 5.74) is -2.35. The third-order valence-corrected chi connectivity index (χ3v) is 10.3. The number of rotatable bonds is 11. The summed E-state index contributed by atoms with van der Waals surface area (Å²) in [7, 11) is -2.20. The third-order valence-electron chi connectivity index (χ3n) is 7.87. The van der Waals surface area contributed by atoms with Crippen LogP contribution in [0.5, 0.6) is 0 Å². The van der Waals surface area contributed by atoms with Gasteiger partial charge in [-0.25, -0.2) is 18.0 Å². The topological polar surface area (TPSA) is 137 Å². The van der Waals surface area contributed by atoms with Crippen LogP contribution in [-0.4, -0.2) is 96.9 Å². The lowest BCUT2D eigenvalue weighted by molar-refractivity contribution is -0.138. The Balaban J connectivity index is 1.78. The number of hydrogen-bond acceptors (Lipinski definition) is 7. The van der Waals surface area contributed by atoms with Crippen LogP contribution in [0.15, 0.2) is 35.2 Å². The van der Waals surface area contributed by atoms with Crippen molar-refractivity contribution in [3.05, 3.63) is 62.6 Å². The van der Waals surface area contributed by atoms with Crippen molar-refractivity contribution < 1.29 is 45.8 Å². The normalized spacial score (nSPS) is 15.8. The Bertz CT molecular complexity index is 1650. The number of carboxylic acid groups (broad SMARTS) is 1. The fraction of sp³-hybridized carbons (Fsp3) is 0.531. The van der Waals surface area contributed by atoms with E-state index >= 15 is 0 Å². The number of carbonyl (C=O) groups is 3. The highest BCUT2D eigenvalue weighted by Gasteiger charge is 2.37. The minimum Gasteiger partial charge on any atom is -0.465 e. The summed E-state index contributed by atoms with van der Waals surface area (Å²) in [5, 5.41) is 12.3. The monoisotopic (exact) mass is 752 g/mol. The molecule has 3 amide bonds. The number of hydrogen-bond donors (Lipinski definition) is 2. The summed E-state index contributed by atoms with van der Waals surface area (Å²) in [6.45, 7) is 6.48. The summed E-state index contributed by atoms with van der Waals surface area (Å²) >= 11 is 12.4. The van der Waals surface area contributed by atoms with E-state index in [9.17, 15) is 41.1 Å². The lowest BCUT2D eigenvalue weighted by atomic mass is 9.99. The Labute approximate surface area is 294 Å². The fourth-order valence-corrected chi connectivity index (χ4v) is 6.97. The molecule has 17 heteroatoms. The molecule has 1 aliphatic heterocycles. The van der Waals surface area contributed by atoms with Crippen molar-refractivity contribution in [1.82, 2.24) is 20.0 Å². The highest BCUT2D eigenvalue weighted by atomic mass is 35.5. The van der Waals surface area contributed by atoms with E-state index in [1.54, 1.807) is 25.7 Å². The van der Waals surface area contributed by atoms with Crippen LogP contribution in [0.2, 0.25) is 10.0 Å². The molecule has 0 bridgehead atoms. The van der Waals surface area contributed by atoms with Crippen LogP contribution in [0, 0.1) is 0 Å². The van der Waals surface area contributed by atoms with Crippen molar-refractivity contribution in [2.45, 2.75) is 76.3 Å². The fourth-order valence-electron chi connectivity index (χ4n) is 5.38. The molecule has 0 saturated carbocycles. The average molecular weight is 754 g/mol. The first-order chi connectivity index (χ1) is 22.6. The molecule has 272 valence electrons. The van der Waals surface area contributed by atoms with E-state index in [4.69, 9.17) is 27.9 Å². The quantitative estimate of drug-likeness (QED) is 0.264. The zero-order valence-corrected chi connectivity index (χ0v) is 30.2. The number of carbonyl (C=O) groups excluding carboxylic acids is 2. The van der Waals surface area contributed by atoms with Crippen LogP contribution in [0.3, 0.4) is 0 Å². The molecule has 3 rings (SSSR count). The molecule has 1 atom stereocenters. The van der Waals surface area contributed by atoms with E-state index in [0.717, 1.165) is 6.07 Å². The minimum absolute atomic E-state index is 0.0387. The van der Waals surface area contributed by atoms with Gasteiger partial charge >= 0.3 is 18.4 Å². The molecule has 0 aliphatic carbocycles. The predicted molar refractivity (Wildman–Crippen MR) is 179 cm³/mol. The Morgan fingerprint density at radius 2 is 1.78 bits per heavy atom. The summed E-state index contributed by atoms with van der Waals surface area (Å²) in [6, 6.07) is 5.29. The molecular formula is C32H41Cl2F3N4O7S. The van der Waals surface area contributed by atoms with Crippen LogP contribution in [0.4, 0.5) is 22.8 Å². The second kappa shape index (κ2) is 16.2. The number of nitrogens with one attached hydrogen (secondary N) is 1. The Morgan fingerprint density at radius 3 is 2.37 bits per heavy atom. The van der Waals surface area contributed by atoms with Gasteiger partial charge in [0.2, 0.25) is 0 Å². The van der Waals surface area contributed by atoms with Gasteiger partial charge in [0.15, 0.2) is 9.84 Å². The smallest absolute Gasteiger partial charge is 0.416 e. The molecule has 0 radical (unpaired) electrons. The number of benzene rings is 2. The van der Waals surface area contributed by atoms with Crippen molar-refractivity contribution >= 4 is 51.1 Å². The van der Waals surface area contributed by atoms with E-state index in [-0.39, 0.29) is 70.1 Å². The van der Waals surface area contributed by atoms with Crippen molar-refractivity contribution in [2.24, 2.45) is 0 Å². The van der Waals surface area contributed by atoms with Gasteiger partial charge in [0.1, 0.15) is 5.60 Å². The number of sulfone groups is 1. The lowest BCUT2D eigenvalue weighted by Gasteiger charge is -2.39. The van der Waals surface area contributed by atoms with Gasteiger partial charge in [-0.2, -0.15) is 13.2 Å². The Hall–Kier alpha value is -3.27. The van der Waals surface area contributed by atoms with E-state index in [0.29, 0.717) is 25.5 Å². The molecule has 49 heavy (non-hydrogen) atoms. The van der Waals surface area contributed by atoms with Gasteiger partial charge in [0, 0.05) is 61.4 Å². The van der Waals surface area contributed by atoms with E-state index in [1.807, 2.05) is 0 Å². The number of nitrogens with zero attached hydrogens (tertiary/aromatic N) is 3. The van der Waals surface area contributed by atoms with E-state index in [1.165, 1.54) is 42.0 Å². The van der Waals surface area contributed by atoms with Gasteiger partial charge in [-0.1, -0.05) is 30.1 Å². The van der Waals surface area contributed by atoms with Crippen molar-refractivity contribution in [3.8, 4) is 0 Å². The van der Waals surface area contributed by atoms with Crippen molar-refractivity contribution in [3.63, 3.8) is 0 Å². The molecule has 2 N–H and O–H groups in total. The minimum atomic E-state index is -4.89. The molecule has 0 spiro atoms. The first kappa shape index (κ1) is 40.2. The van der Waals surface area contributed by atoms with Crippen LogP contribution >= 0.6 is 23.2 Å². The van der Waals surface area contributed by atoms with Gasteiger partial charge in [-0.15, -0.1) is 0 Å². The van der Waals surface area contributed by atoms with E-state index < -0.39 is 51.3 Å². The maximum atomic E-state index is 14.4. The maximum absolute atomic E-state index is 14.4. The number of alkyl halides is 3. The highest BCUT2D eigenvalue weighted by molar-refractivity contribution is 7.91. The van der Waals surface area contributed by atoms with Gasteiger partial charge in [-0.3, -0.25) is 9.69 Å². The average Bonchev–Trinajstić information content (AvgIpc) is 2.99.